The van der Waals surface area contributed by atoms with Crippen LogP contribution < -0.4 is 0 Å². The number of rotatable bonds is 1. The van der Waals surface area contributed by atoms with Crippen molar-refractivity contribution in [2.24, 2.45) is 0 Å². The maximum absolute atomic E-state index is 10.9. The van der Waals surface area contributed by atoms with Gasteiger partial charge in [0.05, 0.1) is 7.11 Å². The van der Waals surface area contributed by atoms with E-state index < -0.39 is 5.97 Å². The quantitative estimate of drug-likeness (QED) is 0.792. The molecule has 0 heterocycles. The first-order valence-electron chi connectivity index (χ1n) is 3.12. The van der Waals surface area contributed by atoms with Crippen LogP contribution in [0.4, 0.5) is 0 Å². The Hall–Kier alpha value is -0.224. The van der Waals surface area contributed by atoms with Crippen molar-refractivity contribution in [1.29, 1.82) is 0 Å². The predicted octanol–water partition coefficient (Wildman–Crippen LogP) is 1.18. The Kier molecular flexibility index (Phi) is 5.33. The Balaban J connectivity index is 0.00000121. The second-order valence-corrected chi connectivity index (χ2v) is 2.01. The zero-order chi connectivity index (χ0) is 8.27. The maximum Gasteiger partial charge on any atom is 0.341 e. The molecule has 3 nitrogen and oxygen atoms in total. The summed E-state index contributed by atoms with van der Waals surface area (Å²) in [5.41, 5.74) is 0.190. The molecule has 0 saturated carbocycles. The molecule has 0 aliphatic rings. The van der Waals surface area contributed by atoms with Gasteiger partial charge in [-0.05, 0) is 12.1 Å². The smallest absolute Gasteiger partial charge is 0.341 e. The molecule has 67 valence electrons. The van der Waals surface area contributed by atoms with Crippen LogP contribution in [0.5, 0.6) is 5.75 Å². The van der Waals surface area contributed by atoms with Crippen LogP contribution in [0.15, 0.2) is 24.3 Å². The Bertz CT molecular complexity index is 273. The molecule has 1 radical (unpaired) electrons. The van der Waals surface area contributed by atoms with Crippen LogP contribution >= 0.6 is 0 Å². The minimum absolute atomic E-state index is 0. The van der Waals surface area contributed by atoms with Gasteiger partial charge in [-0.2, -0.15) is 0 Å². The first kappa shape index (κ1) is 11.8. The van der Waals surface area contributed by atoms with E-state index in [9.17, 15) is 4.79 Å². The number of phenols is 1. The van der Waals surface area contributed by atoms with Crippen molar-refractivity contribution in [3.8, 4) is 5.75 Å². The Morgan fingerprint density at radius 2 is 2.00 bits per heavy atom. The van der Waals surface area contributed by atoms with E-state index in [1.807, 2.05) is 0 Å². The van der Waals surface area contributed by atoms with Crippen LogP contribution in [-0.4, -0.2) is 18.2 Å². The summed E-state index contributed by atoms with van der Waals surface area (Å²) in [6.07, 6.45) is 0. The Labute approximate surface area is 101 Å². The van der Waals surface area contributed by atoms with Gasteiger partial charge in [-0.1, -0.05) is 12.1 Å². The van der Waals surface area contributed by atoms with Crippen LogP contribution in [0.25, 0.3) is 0 Å². The SMILES string of the molecule is COC(=O)c1ccccc1O.[Tb]. The number of benzene rings is 1. The molecule has 1 rings (SSSR count). The normalized spacial score (nSPS) is 8.42. The largest absolute Gasteiger partial charge is 0.507 e. The first-order chi connectivity index (χ1) is 5.25. The molecule has 12 heavy (non-hydrogen) atoms. The summed E-state index contributed by atoms with van der Waals surface area (Å²) in [7, 11) is 1.27. The number of aromatic hydroxyl groups is 1. The summed E-state index contributed by atoms with van der Waals surface area (Å²) in [6.45, 7) is 0. The minimum atomic E-state index is -0.525. The van der Waals surface area contributed by atoms with E-state index in [0.717, 1.165) is 0 Å². The van der Waals surface area contributed by atoms with Crippen molar-refractivity contribution in [2.45, 2.75) is 0 Å². The maximum atomic E-state index is 10.9. The van der Waals surface area contributed by atoms with E-state index in [1.54, 1.807) is 12.1 Å². The molecular formula is C8H8O3Tb. The number of ether oxygens (including phenoxy) is 1. The number of carbonyl (C=O) groups excluding carboxylic acids is 1. The van der Waals surface area contributed by atoms with Gasteiger partial charge >= 0.3 is 5.97 Å². The summed E-state index contributed by atoms with van der Waals surface area (Å²) in [5.74, 6) is -0.581. The van der Waals surface area contributed by atoms with Crippen molar-refractivity contribution in [3.05, 3.63) is 29.8 Å². The molecule has 0 spiro atoms. The van der Waals surface area contributed by atoms with Crippen molar-refractivity contribution in [2.75, 3.05) is 7.11 Å². The average Bonchev–Trinajstić information content (AvgIpc) is 2.04. The van der Waals surface area contributed by atoms with Crippen molar-refractivity contribution >= 4 is 5.97 Å². The third-order valence-electron chi connectivity index (χ3n) is 1.31. The van der Waals surface area contributed by atoms with Crippen LogP contribution in [0.2, 0.25) is 0 Å². The summed E-state index contributed by atoms with van der Waals surface area (Å²) in [6, 6.07) is 6.24. The van der Waals surface area contributed by atoms with Crippen molar-refractivity contribution < 1.29 is 53.2 Å². The fourth-order valence-electron chi connectivity index (χ4n) is 0.756. The zero-order valence-electron chi connectivity index (χ0n) is 6.41. The van der Waals surface area contributed by atoms with Crippen LogP contribution in [-0.2, 0) is 4.74 Å². The number of hydrogen-bond donors (Lipinski definition) is 1. The molecule has 0 fully saturated rings. The fourth-order valence-corrected chi connectivity index (χ4v) is 0.756. The number of esters is 1. The predicted molar refractivity (Wildman–Crippen MR) is 39.4 cm³/mol. The molecule has 0 bridgehead atoms. The molecule has 0 atom stereocenters. The van der Waals surface area contributed by atoms with Crippen molar-refractivity contribution in [3.63, 3.8) is 0 Å². The van der Waals surface area contributed by atoms with Gasteiger partial charge in [-0.15, -0.1) is 0 Å². The number of phenolic OH excluding ortho intramolecular Hbond substituents is 1. The second-order valence-electron chi connectivity index (χ2n) is 2.01. The van der Waals surface area contributed by atoms with Crippen LogP contribution in [0.1, 0.15) is 10.4 Å². The molecule has 0 aliphatic carbocycles. The molecule has 0 saturated heterocycles. The molecule has 0 aromatic heterocycles. The number of carbonyl (C=O) groups is 1. The Morgan fingerprint density at radius 3 is 2.50 bits per heavy atom. The van der Waals surface area contributed by atoms with Gasteiger partial charge in [0.2, 0.25) is 0 Å². The van der Waals surface area contributed by atoms with E-state index in [4.69, 9.17) is 5.11 Å². The number of para-hydroxylation sites is 1. The van der Waals surface area contributed by atoms with Gasteiger partial charge in [0, 0.05) is 38.6 Å². The molecular weight excluding hydrogens is 303 g/mol. The van der Waals surface area contributed by atoms with E-state index in [1.165, 1.54) is 19.2 Å². The summed E-state index contributed by atoms with van der Waals surface area (Å²) >= 11 is 0. The number of methoxy groups -OCH3 is 1. The van der Waals surface area contributed by atoms with E-state index in [-0.39, 0.29) is 49.9 Å². The van der Waals surface area contributed by atoms with Crippen LogP contribution in [0.3, 0.4) is 0 Å². The van der Waals surface area contributed by atoms with Gasteiger partial charge in [-0.3, -0.25) is 0 Å². The Morgan fingerprint density at radius 1 is 1.42 bits per heavy atom. The zero-order valence-corrected chi connectivity index (χ0v) is 8.55. The van der Waals surface area contributed by atoms with Gasteiger partial charge in [0.1, 0.15) is 11.3 Å². The van der Waals surface area contributed by atoms with Gasteiger partial charge in [-0.25, -0.2) is 4.79 Å². The summed E-state index contributed by atoms with van der Waals surface area (Å²) in [4.78, 5) is 10.9. The van der Waals surface area contributed by atoms with Crippen molar-refractivity contribution in [1.82, 2.24) is 0 Å². The van der Waals surface area contributed by atoms with Crippen LogP contribution in [0, 0.1) is 38.6 Å². The molecule has 4 heteroatoms. The minimum Gasteiger partial charge on any atom is -0.507 e. The third kappa shape index (κ3) is 2.68. The monoisotopic (exact) mass is 311 g/mol. The van der Waals surface area contributed by atoms with Gasteiger partial charge < -0.3 is 9.84 Å². The molecule has 1 N–H and O–H groups in total. The van der Waals surface area contributed by atoms with Gasteiger partial charge in [0.15, 0.2) is 0 Å². The molecule has 0 unspecified atom stereocenters. The molecule has 1 aromatic carbocycles. The summed E-state index contributed by atoms with van der Waals surface area (Å²) in [5, 5.41) is 9.11. The molecule has 0 amide bonds. The van der Waals surface area contributed by atoms with Gasteiger partial charge in [0.25, 0.3) is 0 Å². The standard InChI is InChI=1S/C8H8O3.Tb/c1-11-8(10)6-4-2-3-5-7(6)9;/h2-5,9H,1H3;. The van der Waals surface area contributed by atoms with E-state index in [0.29, 0.717) is 0 Å². The third-order valence-corrected chi connectivity index (χ3v) is 1.31. The fraction of sp³-hybridized carbons (Fsp3) is 0.125. The second kappa shape index (κ2) is 5.43. The van der Waals surface area contributed by atoms with E-state index in [2.05, 4.69) is 4.74 Å². The summed E-state index contributed by atoms with van der Waals surface area (Å²) < 4.78 is 4.42. The first-order valence-corrected chi connectivity index (χ1v) is 3.12. The molecule has 1 aromatic rings. The molecule has 0 aliphatic heterocycles. The number of hydrogen-bond acceptors (Lipinski definition) is 3. The average molecular weight is 311 g/mol. The topological polar surface area (TPSA) is 46.5 Å². The van der Waals surface area contributed by atoms with E-state index >= 15 is 0 Å².